The average Bonchev–Trinajstić information content (AvgIpc) is 2.20. The maximum absolute atomic E-state index is 11.4. The van der Waals surface area contributed by atoms with Crippen molar-refractivity contribution >= 4 is 5.91 Å². The highest BCUT2D eigenvalue weighted by Gasteiger charge is 2.32. The molecule has 3 N–H and O–H groups in total. The van der Waals surface area contributed by atoms with Crippen LogP contribution >= 0.6 is 0 Å². The standard InChI is InChI=1S/C11H22N2O2/c1-3-9(2)15-7-10(14)13-8-11(12)5-4-6-11/h9H,3-8,12H2,1-2H3,(H,13,14). The zero-order valence-corrected chi connectivity index (χ0v) is 9.71. The van der Waals surface area contributed by atoms with Gasteiger partial charge in [-0.15, -0.1) is 0 Å². The van der Waals surface area contributed by atoms with E-state index >= 15 is 0 Å². The lowest BCUT2D eigenvalue weighted by atomic mass is 9.78. The molecule has 1 atom stereocenters. The highest BCUT2D eigenvalue weighted by Crippen LogP contribution is 2.27. The molecule has 0 saturated heterocycles. The first-order chi connectivity index (χ1) is 7.06. The first-order valence-electron chi connectivity index (χ1n) is 5.73. The predicted octanol–water partition coefficient (Wildman–Crippen LogP) is 0.799. The molecule has 0 spiro atoms. The van der Waals surface area contributed by atoms with Crippen LogP contribution in [-0.2, 0) is 9.53 Å². The Morgan fingerprint density at radius 3 is 2.73 bits per heavy atom. The molecule has 88 valence electrons. The van der Waals surface area contributed by atoms with Crippen LogP contribution in [0.1, 0.15) is 39.5 Å². The third-order valence-electron chi connectivity index (χ3n) is 3.06. The third kappa shape index (κ3) is 4.18. The van der Waals surface area contributed by atoms with Gasteiger partial charge in [0, 0.05) is 12.1 Å². The van der Waals surface area contributed by atoms with E-state index in [0.29, 0.717) is 6.54 Å². The van der Waals surface area contributed by atoms with Crippen LogP contribution in [0.25, 0.3) is 0 Å². The van der Waals surface area contributed by atoms with Crippen molar-refractivity contribution in [2.24, 2.45) is 5.73 Å². The topological polar surface area (TPSA) is 64.3 Å². The van der Waals surface area contributed by atoms with Gasteiger partial charge in [0.05, 0.1) is 6.10 Å². The summed E-state index contributed by atoms with van der Waals surface area (Å²) in [5, 5.41) is 2.82. The van der Waals surface area contributed by atoms with E-state index in [9.17, 15) is 4.79 Å². The molecule has 0 bridgehead atoms. The summed E-state index contributed by atoms with van der Waals surface area (Å²) in [6.45, 7) is 4.72. The fourth-order valence-corrected chi connectivity index (χ4v) is 1.47. The highest BCUT2D eigenvalue weighted by atomic mass is 16.5. The van der Waals surface area contributed by atoms with Gasteiger partial charge in [-0.3, -0.25) is 4.79 Å². The van der Waals surface area contributed by atoms with Crippen LogP contribution in [0.3, 0.4) is 0 Å². The van der Waals surface area contributed by atoms with Gasteiger partial charge in [0.2, 0.25) is 5.91 Å². The summed E-state index contributed by atoms with van der Waals surface area (Å²) in [6, 6.07) is 0. The van der Waals surface area contributed by atoms with Crippen LogP contribution in [0.4, 0.5) is 0 Å². The Hall–Kier alpha value is -0.610. The van der Waals surface area contributed by atoms with Gasteiger partial charge in [-0.05, 0) is 32.6 Å². The van der Waals surface area contributed by atoms with Gasteiger partial charge >= 0.3 is 0 Å². The van der Waals surface area contributed by atoms with Crippen LogP contribution < -0.4 is 11.1 Å². The van der Waals surface area contributed by atoms with Crippen LogP contribution in [-0.4, -0.2) is 30.7 Å². The smallest absolute Gasteiger partial charge is 0.246 e. The third-order valence-corrected chi connectivity index (χ3v) is 3.06. The molecule has 15 heavy (non-hydrogen) atoms. The molecule has 4 heteroatoms. The number of rotatable bonds is 6. The van der Waals surface area contributed by atoms with Gasteiger partial charge in [0.1, 0.15) is 6.61 Å². The molecule has 0 aromatic carbocycles. The van der Waals surface area contributed by atoms with E-state index in [1.54, 1.807) is 0 Å². The van der Waals surface area contributed by atoms with Gasteiger partial charge < -0.3 is 15.8 Å². The van der Waals surface area contributed by atoms with Crippen LogP contribution in [0.2, 0.25) is 0 Å². The Balaban J connectivity index is 2.08. The SMILES string of the molecule is CCC(C)OCC(=O)NCC1(N)CCC1. The van der Waals surface area contributed by atoms with Crippen molar-refractivity contribution in [1.29, 1.82) is 0 Å². The van der Waals surface area contributed by atoms with Crippen LogP contribution in [0.15, 0.2) is 0 Å². The van der Waals surface area contributed by atoms with Crippen molar-refractivity contribution in [3.8, 4) is 0 Å². The summed E-state index contributed by atoms with van der Waals surface area (Å²) >= 11 is 0. The molecular weight excluding hydrogens is 192 g/mol. The van der Waals surface area contributed by atoms with E-state index in [0.717, 1.165) is 19.3 Å². The highest BCUT2D eigenvalue weighted by molar-refractivity contribution is 5.77. The second kappa shape index (κ2) is 5.47. The van der Waals surface area contributed by atoms with Crippen molar-refractivity contribution in [3.63, 3.8) is 0 Å². The maximum Gasteiger partial charge on any atom is 0.246 e. The van der Waals surface area contributed by atoms with Gasteiger partial charge in [-0.25, -0.2) is 0 Å². The van der Waals surface area contributed by atoms with Crippen molar-refractivity contribution in [3.05, 3.63) is 0 Å². The summed E-state index contributed by atoms with van der Waals surface area (Å²) < 4.78 is 5.32. The Kier molecular flexibility index (Phi) is 4.54. The second-order valence-electron chi connectivity index (χ2n) is 4.52. The summed E-state index contributed by atoms with van der Waals surface area (Å²) in [6.07, 6.45) is 4.27. The van der Waals surface area contributed by atoms with E-state index in [-0.39, 0.29) is 24.2 Å². The Morgan fingerprint density at radius 1 is 1.60 bits per heavy atom. The summed E-state index contributed by atoms with van der Waals surface area (Å²) in [5.41, 5.74) is 5.83. The van der Waals surface area contributed by atoms with E-state index in [1.165, 1.54) is 6.42 Å². The first kappa shape index (κ1) is 12.5. The largest absolute Gasteiger partial charge is 0.369 e. The molecule has 1 saturated carbocycles. The minimum atomic E-state index is -0.147. The molecular formula is C11H22N2O2. The Morgan fingerprint density at radius 2 is 2.27 bits per heavy atom. The number of nitrogens with two attached hydrogens (primary N) is 1. The van der Waals surface area contributed by atoms with E-state index in [4.69, 9.17) is 10.5 Å². The minimum absolute atomic E-state index is 0.0629. The summed E-state index contributed by atoms with van der Waals surface area (Å²) in [7, 11) is 0. The van der Waals surface area contributed by atoms with Crippen LogP contribution in [0.5, 0.6) is 0 Å². The fraction of sp³-hybridized carbons (Fsp3) is 0.909. The lowest BCUT2D eigenvalue weighted by molar-refractivity contribution is -0.127. The molecule has 1 aliphatic carbocycles. The molecule has 0 heterocycles. The molecule has 4 nitrogen and oxygen atoms in total. The van der Waals surface area contributed by atoms with Crippen molar-refractivity contribution in [2.45, 2.75) is 51.2 Å². The quantitative estimate of drug-likeness (QED) is 0.687. The molecule has 1 amide bonds. The van der Waals surface area contributed by atoms with Crippen molar-refractivity contribution in [2.75, 3.05) is 13.2 Å². The van der Waals surface area contributed by atoms with Crippen molar-refractivity contribution in [1.82, 2.24) is 5.32 Å². The predicted molar refractivity (Wildman–Crippen MR) is 59.5 cm³/mol. The van der Waals surface area contributed by atoms with Crippen LogP contribution in [0, 0.1) is 0 Å². The number of ether oxygens (including phenoxy) is 1. The lowest BCUT2D eigenvalue weighted by Crippen LogP contribution is -2.55. The number of carbonyl (C=O) groups excluding carboxylic acids is 1. The second-order valence-corrected chi connectivity index (χ2v) is 4.52. The number of nitrogens with one attached hydrogen (secondary N) is 1. The van der Waals surface area contributed by atoms with Gasteiger partial charge in [0.15, 0.2) is 0 Å². The molecule has 0 aromatic rings. The monoisotopic (exact) mass is 214 g/mol. The van der Waals surface area contributed by atoms with E-state index < -0.39 is 0 Å². The molecule has 1 aliphatic rings. The first-order valence-corrected chi connectivity index (χ1v) is 5.73. The van der Waals surface area contributed by atoms with Gasteiger partial charge in [0.25, 0.3) is 0 Å². The Labute approximate surface area is 91.5 Å². The van der Waals surface area contributed by atoms with Crippen molar-refractivity contribution < 1.29 is 9.53 Å². The van der Waals surface area contributed by atoms with Gasteiger partial charge in [-0.2, -0.15) is 0 Å². The van der Waals surface area contributed by atoms with Gasteiger partial charge in [-0.1, -0.05) is 6.92 Å². The number of carbonyl (C=O) groups is 1. The molecule has 0 aliphatic heterocycles. The molecule has 1 fully saturated rings. The lowest BCUT2D eigenvalue weighted by Gasteiger charge is -2.38. The number of amides is 1. The summed E-state index contributed by atoms with van der Waals surface area (Å²) in [4.78, 5) is 11.4. The minimum Gasteiger partial charge on any atom is -0.369 e. The normalized spacial score (nSPS) is 20.5. The molecule has 1 unspecified atom stereocenters. The maximum atomic E-state index is 11.4. The zero-order valence-electron chi connectivity index (χ0n) is 9.71. The average molecular weight is 214 g/mol. The fourth-order valence-electron chi connectivity index (χ4n) is 1.47. The van der Waals surface area contributed by atoms with E-state index in [2.05, 4.69) is 5.32 Å². The molecule has 0 radical (unpaired) electrons. The number of hydrogen-bond donors (Lipinski definition) is 2. The molecule has 0 aromatic heterocycles. The molecule has 1 rings (SSSR count). The summed E-state index contributed by atoms with van der Waals surface area (Å²) in [5.74, 6) is -0.0629. The Bertz CT molecular complexity index is 215. The zero-order chi connectivity index (χ0) is 11.3. The number of hydrogen-bond acceptors (Lipinski definition) is 3. The van der Waals surface area contributed by atoms with E-state index in [1.807, 2.05) is 13.8 Å².